The fourth-order valence-electron chi connectivity index (χ4n) is 2.07. The number of nitrogens with zero attached hydrogens (tertiary/aromatic N) is 1. The first-order valence-corrected chi connectivity index (χ1v) is 6.85. The van der Waals surface area contributed by atoms with Gasteiger partial charge in [-0.25, -0.2) is 0 Å². The van der Waals surface area contributed by atoms with E-state index in [0.717, 1.165) is 38.3 Å². The van der Waals surface area contributed by atoms with Gasteiger partial charge in [-0.1, -0.05) is 6.92 Å². The third-order valence-corrected chi connectivity index (χ3v) is 3.21. The van der Waals surface area contributed by atoms with Crippen LogP contribution in [0, 0.1) is 5.92 Å². The molecule has 1 aliphatic rings. The van der Waals surface area contributed by atoms with Crippen LogP contribution >= 0.6 is 0 Å². The van der Waals surface area contributed by atoms with Crippen molar-refractivity contribution in [3.05, 3.63) is 24.0 Å². The molecule has 0 aliphatic carbocycles. The molecule has 1 atom stereocenters. The van der Waals surface area contributed by atoms with Gasteiger partial charge in [0.1, 0.15) is 0 Å². The predicted molar refractivity (Wildman–Crippen MR) is 74.3 cm³/mol. The number of rotatable bonds is 6. The minimum absolute atomic E-state index is 0.0482. The van der Waals surface area contributed by atoms with E-state index in [0.29, 0.717) is 18.0 Å². The zero-order valence-corrected chi connectivity index (χ0v) is 11.3. The number of pyridine rings is 1. The largest absolute Gasteiger partial charge is 0.383 e. The number of carbonyl (C=O) groups excluding carboxylic acids is 1. The summed E-state index contributed by atoms with van der Waals surface area (Å²) in [5.41, 5.74) is 1.45. The second kappa shape index (κ2) is 7.09. The highest BCUT2D eigenvalue weighted by molar-refractivity contribution is 5.99. The molecule has 1 aliphatic heterocycles. The summed E-state index contributed by atoms with van der Waals surface area (Å²) in [6, 6.07) is 1.75. The summed E-state index contributed by atoms with van der Waals surface area (Å²) in [4.78, 5) is 16.2. The fraction of sp³-hybridized carbons (Fsp3) is 0.571. The Kier molecular flexibility index (Phi) is 5.15. The number of anilines is 1. The first-order valence-electron chi connectivity index (χ1n) is 6.85. The Morgan fingerprint density at radius 3 is 3.21 bits per heavy atom. The van der Waals surface area contributed by atoms with Crippen molar-refractivity contribution >= 4 is 11.6 Å². The summed E-state index contributed by atoms with van der Waals surface area (Å²) in [5.74, 6) is 0.394. The minimum Gasteiger partial charge on any atom is -0.383 e. The van der Waals surface area contributed by atoms with E-state index in [1.165, 1.54) is 0 Å². The Balaban J connectivity index is 1.93. The Hall–Kier alpha value is -1.62. The normalized spacial score (nSPS) is 18.3. The van der Waals surface area contributed by atoms with Gasteiger partial charge in [0.15, 0.2) is 0 Å². The van der Waals surface area contributed by atoms with Crippen LogP contribution in [0.1, 0.15) is 30.1 Å². The van der Waals surface area contributed by atoms with Gasteiger partial charge in [0.2, 0.25) is 0 Å². The Labute approximate surface area is 113 Å². The molecule has 2 heterocycles. The molecule has 2 N–H and O–H groups in total. The molecular formula is C14H21N3O2. The number of amides is 1. The lowest BCUT2D eigenvalue weighted by atomic mass is 10.1. The summed E-state index contributed by atoms with van der Waals surface area (Å²) < 4.78 is 5.30. The van der Waals surface area contributed by atoms with E-state index < -0.39 is 0 Å². The molecule has 0 saturated carbocycles. The molecule has 104 valence electrons. The molecular weight excluding hydrogens is 242 g/mol. The van der Waals surface area contributed by atoms with Crippen LogP contribution in [0.5, 0.6) is 0 Å². The maximum atomic E-state index is 12.2. The van der Waals surface area contributed by atoms with Crippen LogP contribution in [0.3, 0.4) is 0 Å². The van der Waals surface area contributed by atoms with Crippen LogP contribution in [0.2, 0.25) is 0 Å². The minimum atomic E-state index is -0.0482. The Morgan fingerprint density at radius 1 is 1.58 bits per heavy atom. The average molecular weight is 263 g/mol. The van der Waals surface area contributed by atoms with Gasteiger partial charge in [-0.05, 0) is 18.9 Å². The van der Waals surface area contributed by atoms with E-state index in [-0.39, 0.29) is 5.91 Å². The van der Waals surface area contributed by atoms with Crippen LogP contribution in [-0.2, 0) is 4.74 Å². The SMILES string of the molecule is CCCNc1cnccc1C(=O)NCC1CCOC1. The van der Waals surface area contributed by atoms with Gasteiger partial charge in [0.05, 0.1) is 24.1 Å². The van der Waals surface area contributed by atoms with Crippen molar-refractivity contribution in [2.75, 3.05) is 31.6 Å². The van der Waals surface area contributed by atoms with E-state index >= 15 is 0 Å². The van der Waals surface area contributed by atoms with Gasteiger partial charge in [0, 0.05) is 31.8 Å². The molecule has 2 rings (SSSR count). The summed E-state index contributed by atoms with van der Waals surface area (Å²) in [5, 5.41) is 6.19. The molecule has 19 heavy (non-hydrogen) atoms. The molecule has 1 aromatic heterocycles. The lowest BCUT2D eigenvalue weighted by molar-refractivity contribution is 0.0945. The Bertz CT molecular complexity index is 417. The van der Waals surface area contributed by atoms with Crippen molar-refractivity contribution < 1.29 is 9.53 Å². The van der Waals surface area contributed by atoms with Gasteiger partial charge in [-0.15, -0.1) is 0 Å². The highest BCUT2D eigenvalue weighted by Crippen LogP contribution is 2.14. The van der Waals surface area contributed by atoms with E-state index in [4.69, 9.17) is 4.74 Å². The topological polar surface area (TPSA) is 63.2 Å². The zero-order valence-electron chi connectivity index (χ0n) is 11.3. The number of aromatic nitrogens is 1. The van der Waals surface area contributed by atoms with Gasteiger partial charge in [-0.3, -0.25) is 9.78 Å². The smallest absolute Gasteiger partial charge is 0.253 e. The second-order valence-electron chi connectivity index (χ2n) is 4.79. The van der Waals surface area contributed by atoms with Crippen LogP contribution in [0.25, 0.3) is 0 Å². The molecule has 1 fully saturated rings. The number of carbonyl (C=O) groups is 1. The molecule has 1 aromatic rings. The molecule has 5 heteroatoms. The molecule has 1 amide bonds. The number of nitrogens with one attached hydrogen (secondary N) is 2. The highest BCUT2D eigenvalue weighted by atomic mass is 16.5. The molecule has 5 nitrogen and oxygen atoms in total. The van der Waals surface area contributed by atoms with Crippen molar-refractivity contribution in [2.45, 2.75) is 19.8 Å². The van der Waals surface area contributed by atoms with Crippen molar-refractivity contribution in [3.8, 4) is 0 Å². The molecule has 0 aromatic carbocycles. The first-order chi connectivity index (χ1) is 9.31. The van der Waals surface area contributed by atoms with Gasteiger partial charge in [-0.2, -0.15) is 0 Å². The highest BCUT2D eigenvalue weighted by Gasteiger charge is 2.17. The number of hydrogen-bond donors (Lipinski definition) is 2. The molecule has 0 spiro atoms. The van der Waals surface area contributed by atoms with Crippen molar-refractivity contribution in [1.82, 2.24) is 10.3 Å². The maximum Gasteiger partial charge on any atom is 0.253 e. The number of hydrogen-bond acceptors (Lipinski definition) is 4. The Morgan fingerprint density at radius 2 is 2.47 bits per heavy atom. The van der Waals surface area contributed by atoms with Crippen molar-refractivity contribution in [1.29, 1.82) is 0 Å². The van der Waals surface area contributed by atoms with Crippen LogP contribution < -0.4 is 10.6 Å². The molecule has 1 saturated heterocycles. The van der Waals surface area contributed by atoms with E-state index in [9.17, 15) is 4.79 Å². The van der Waals surface area contributed by atoms with Crippen molar-refractivity contribution in [2.24, 2.45) is 5.92 Å². The zero-order chi connectivity index (χ0) is 13.5. The summed E-state index contributed by atoms with van der Waals surface area (Å²) in [7, 11) is 0. The summed E-state index contributed by atoms with van der Waals surface area (Å²) >= 11 is 0. The lowest BCUT2D eigenvalue weighted by Crippen LogP contribution is -2.30. The van der Waals surface area contributed by atoms with Crippen LogP contribution in [0.4, 0.5) is 5.69 Å². The average Bonchev–Trinajstić information content (AvgIpc) is 2.96. The maximum absolute atomic E-state index is 12.2. The van der Waals surface area contributed by atoms with E-state index in [1.54, 1.807) is 18.5 Å². The molecule has 0 radical (unpaired) electrons. The van der Waals surface area contributed by atoms with Gasteiger partial charge >= 0.3 is 0 Å². The van der Waals surface area contributed by atoms with Crippen LogP contribution in [-0.4, -0.2) is 37.2 Å². The van der Waals surface area contributed by atoms with Crippen molar-refractivity contribution in [3.63, 3.8) is 0 Å². The molecule has 1 unspecified atom stereocenters. The summed E-state index contributed by atoms with van der Waals surface area (Å²) in [6.07, 6.45) is 5.38. The monoisotopic (exact) mass is 263 g/mol. The standard InChI is InChI=1S/C14H21N3O2/c1-2-5-16-13-9-15-6-3-12(13)14(18)17-8-11-4-7-19-10-11/h3,6,9,11,16H,2,4-5,7-8,10H2,1H3,(H,17,18). The molecule has 0 bridgehead atoms. The quantitative estimate of drug-likeness (QED) is 0.819. The second-order valence-corrected chi connectivity index (χ2v) is 4.79. The van der Waals surface area contributed by atoms with Gasteiger partial charge in [0.25, 0.3) is 5.91 Å². The van der Waals surface area contributed by atoms with E-state index in [2.05, 4.69) is 22.5 Å². The lowest BCUT2D eigenvalue weighted by Gasteiger charge is -2.13. The predicted octanol–water partition coefficient (Wildman–Crippen LogP) is 1.67. The third-order valence-electron chi connectivity index (χ3n) is 3.21. The third kappa shape index (κ3) is 3.92. The number of ether oxygens (including phenoxy) is 1. The van der Waals surface area contributed by atoms with Crippen LogP contribution in [0.15, 0.2) is 18.5 Å². The summed E-state index contributed by atoms with van der Waals surface area (Å²) in [6.45, 7) is 5.15. The van der Waals surface area contributed by atoms with E-state index in [1.807, 2.05) is 0 Å². The van der Waals surface area contributed by atoms with Gasteiger partial charge < -0.3 is 15.4 Å². The first kappa shape index (κ1) is 13.8. The fourth-order valence-corrected chi connectivity index (χ4v) is 2.07.